The lowest BCUT2D eigenvalue weighted by Gasteiger charge is -1.97. The molecule has 18 heavy (non-hydrogen) atoms. The molecule has 0 bridgehead atoms. The van der Waals surface area contributed by atoms with Crippen LogP contribution in [0.15, 0.2) is 35.5 Å². The number of oxime groups is 1. The van der Waals surface area contributed by atoms with E-state index in [1.807, 2.05) is 24.3 Å². The van der Waals surface area contributed by atoms with Crippen molar-refractivity contribution in [2.75, 3.05) is 6.61 Å². The molecule has 0 unspecified atom stereocenters. The summed E-state index contributed by atoms with van der Waals surface area (Å²) in [6.07, 6.45) is 3.89. The highest BCUT2D eigenvalue weighted by Gasteiger charge is 2.05. The summed E-state index contributed by atoms with van der Waals surface area (Å²) in [6, 6.07) is 7.36. The standard InChI is InChI=1S/C13H14ClNO3/c1-2-12(13(16)17)15-18-8-4-6-10-5-3-7-11(14)9-10/h3-7,9H,2,8H2,1H3,(H,16,17)/b6-4+,15-12-. The summed E-state index contributed by atoms with van der Waals surface area (Å²) < 4.78 is 0. The fraction of sp³-hybridized carbons (Fsp3) is 0.231. The third-order valence-corrected chi connectivity index (χ3v) is 2.32. The number of rotatable bonds is 6. The lowest BCUT2D eigenvalue weighted by atomic mass is 10.2. The third-order valence-electron chi connectivity index (χ3n) is 2.09. The first-order valence-electron chi connectivity index (χ1n) is 5.47. The molecule has 0 radical (unpaired) electrons. The van der Waals surface area contributed by atoms with Crippen LogP contribution in [0.5, 0.6) is 0 Å². The number of benzene rings is 1. The molecule has 96 valence electrons. The maximum absolute atomic E-state index is 10.6. The number of carbonyl (C=O) groups is 1. The van der Waals surface area contributed by atoms with Gasteiger partial charge in [-0.2, -0.15) is 0 Å². The van der Waals surface area contributed by atoms with Gasteiger partial charge >= 0.3 is 5.97 Å². The second-order valence-corrected chi connectivity index (χ2v) is 3.89. The zero-order chi connectivity index (χ0) is 13.4. The van der Waals surface area contributed by atoms with Gasteiger partial charge in [0.1, 0.15) is 6.61 Å². The van der Waals surface area contributed by atoms with Crippen LogP contribution in [-0.2, 0) is 9.63 Å². The van der Waals surface area contributed by atoms with Crippen molar-refractivity contribution >= 4 is 29.4 Å². The van der Waals surface area contributed by atoms with Gasteiger partial charge in [0.05, 0.1) is 0 Å². The van der Waals surface area contributed by atoms with Crippen LogP contribution in [0.1, 0.15) is 18.9 Å². The van der Waals surface area contributed by atoms with Gasteiger partial charge in [0.25, 0.3) is 0 Å². The Bertz CT molecular complexity index is 469. The van der Waals surface area contributed by atoms with E-state index in [0.717, 1.165) is 5.56 Å². The molecule has 0 fully saturated rings. The number of hydrogen-bond acceptors (Lipinski definition) is 3. The first-order valence-corrected chi connectivity index (χ1v) is 5.85. The van der Waals surface area contributed by atoms with Crippen molar-refractivity contribution in [2.45, 2.75) is 13.3 Å². The molecular weight excluding hydrogens is 254 g/mol. The predicted octanol–water partition coefficient (Wildman–Crippen LogP) is 3.22. The van der Waals surface area contributed by atoms with Gasteiger partial charge in [-0.15, -0.1) is 0 Å². The van der Waals surface area contributed by atoms with Crippen LogP contribution in [0.25, 0.3) is 6.08 Å². The van der Waals surface area contributed by atoms with Gasteiger partial charge in [-0.1, -0.05) is 41.9 Å². The number of hydrogen-bond donors (Lipinski definition) is 1. The minimum Gasteiger partial charge on any atom is -0.477 e. The van der Waals surface area contributed by atoms with Gasteiger partial charge in [-0.25, -0.2) is 4.79 Å². The van der Waals surface area contributed by atoms with Crippen LogP contribution in [0.3, 0.4) is 0 Å². The van der Waals surface area contributed by atoms with Crippen molar-refractivity contribution in [3.63, 3.8) is 0 Å². The Morgan fingerprint density at radius 1 is 1.56 bits per heavy atom. The number of aliphatic carboxylic acids is 1. The Morgan fingerprint density at radius 3 is 2.94 bits per heavy atom. The molecule has 1 N–H and O–H groups in total. The van der Waals surface area contributed by atoms with Crippen LogP contribution in [0.4, 0.5) is 0 Å². The molecule has 1 aromatic rings. The van der Waals surface area contributed by atoms with E-state index in [4.69, 9.17) is 21.5 Å². The van der Waals surface area contributed by atoms with Gasteiger partial charge in [0.2, 0.25) is 0 Å². The van der Waals surface area contributed by atoms with Crippen molar-refractivity contribution in [1.82, 2.24) is 0 Å². The molecule has 0 aliphatic heterocycles. The summed E-state index contributed by atoms with van der Waals surface area (Å²) >= 11 is 5.83. The molecule has 0 atom stereocenters. The van der Waals surface area contributed by atoms with Crippen LogP contribution >= 0.6 is 11.6 Å². The summed E-state index contributed by atoms with van der Waals surface area (Å²) in [6.45, 7) is 1.92. The van der Waals surface area contributed by atoms with E-state index in [9.17, 15) is 4.79 Å². The molecule has 0 aromatic heterocycles. The number of halogens is 1. The zero-order valence-electron chi connectivity index (χ0n) is 9.97. The highest BCUT2D eigenvalue weighted by atomic mass is 35.5. The van der Waals surface area contributed by atoms with Crippen molar-refractivity contribution in [3.05, 3.63) is 40.9 Å². The Labute approximate surface area is 111 Å². The molecule has 0 spiro atoms. The molecule has 5 heteroatoms. The highest BCUT2D eigenvalue weighted by molar-refractivity contribution is 6.35. The smallest absolute Gasteiger partial charge is 0.353 e. The Morgan fingerprint density at radius 2 is 2.33 bits per heavy atom. The molecule has 0 saturated heterocycles. The van der Waals surface area contributed by atoms with Crippen molar-refractivity contribution < 1.29 is 14.7 Å². The molecule has 0 aliphatic carbocycles. The molecular formula is C13H14ClNO3. The van der Waals surface area contributed by atoms with E-state index < -0.39 is 5.97 Å². The topological polar surface area (TPSA) is 58.9 Å². The van der Waals surface area contributed by atoms with E-state index in [0.29, 0.717) is 11.4 Å². The van der Waals surface area contributed by atoms with Gasteiger partial charge in [-0.05, 0) is 30.2 Å². The quantitative estimate of drug-likeness (QED) is 0.489. The predicted molar refractivity (Wildman–Crippen MR) is 71.8 cm³/mol. The molecule has 1 rings (SSSR count). The zero-order valence-corrected chi connectivity index (χ0v) is 10.7. The maximum Gasteiger partial charge on any atom is 0.353 e. The van der Waals surface area contributed by atoms with E-state index in [-0.39, 0.29) is 12.3 Å². The summed E-state index contributed by atoms with van der Waals surface area (Å²) in [7, 11) is 0. The lowest BCUT2D eigenvalue weighted by molar-refractivity contribution is -0.129. The second kappa shape index (κ2) is 7.50. The average molecular weight is 268 g/mol. The van der Waals surface area contributed by atoms with Gasteiger partial charge in [0.15, 0.2) is 5.71 Å². The molecule has 0 aliphatic rings. The average Bonchev–Trinajstić information content (AvgIpc) is 2.33. The second-order valence-electron chi connectivity index (χ2n) is 3.45. The minimum absolute atomic E-state index is 0.00570. The van der Waals surface area contributed by atoms with Crippen molar-refractivity contribution in [2.24, 2.45) is 5.16 Å². The third kappa shape index (κ3) is 5.01. The molecule has 0 heterocycles. The van der Waals surface area contributed by atoms with Crippen LogP contribution < -0.4 is 0 Å². The summed E-state index contributed by atoms with van der Waals surface area (Å²) in [4.78, 5) is 15.5. The van der Waals surface area contributed by atoms with Crippen molar-refractivity contribution in [1.29, 1.82) is 0 Å². The largest absolute Gasteiger partial charge is 0.477 e. The summed E-state index contributed by atoms with van der Waals surface area (Å²) in [5.41, 5.74) is 0.954. The molecule has 0 amide bonds. The van der Waals surface area contributed by atoms with Crippen molar-refractivity contribution in [3.8, 4) is 0 Å². The SMILES string of the molecule is CC/C(=N/OC/C=C/c1cccc(Cl)c1)C(=O)O. The minimum atomic E-state index is -1.06. The first kappa shape index (κ1) is 14.3. The van der Waals surface area contributed by atoms with E-state index in [1.165, 1.54) is 0 Å². The number of nitrogens with zero attached hydrogens (tertiary/aromatic N) is 1. The first-order chi connectivity index (χ1) is 8.63. The fourth-order valence-electron chi connectivity index (χ4n) is 1.21. The van der Waals surface area contributed by atoms with E-state index in [1.54, 1.807) is 19.1 Å². The molecule has 0 saturated carbocycles. The Kier molecular flexibility index (Phi) is 5.94. The van der Waals surface area contributed by atoms with E-state index >= 15 is 0 Å². The number of carboxylic acids is 1. The van der Waals surface area contributed by atoms with Gasteiger partial charge in [-0.3, -0.25) is 0 Å². The normalized spacial score (nSPS) is 11.8. The van der Waals surface area contributed by atoms with Crippen LogP contribution in [0.2, 0.25) is 5.02 Å². The summed E-state index contributed by atoms with van der Waals surface area (Å²) in [5, 5.41) is 12.9. The molecule has 4 nitrogen and oxygen atoms in total. The van der Waals surface area contributed by atoms with Gasteiger partial charge in [0, 0.05) is 5.02 Å². The van der Waals surface area contributed by atoms with Crippen LogP contribution in [-0.4, -0.2) is 23.4 Å². The lowest BCUT2D eigenvalue weighted by Crippen LogP contribution is -2.11. The monoisotopic (exact) mass is 267 g/mol. The molecule has 1 aromatic carbocycles. The summed E-state index contributed by atoms with van der Waals surface area (Å²) in [5.74, 6) is -1.06. The highest BCUT2D eigenvalue weighted by Crippen LogP contribution is 2.11. The number of carboxylic acid groups (broad SMARTS) is 1. The Hall–Kier alpha value is -1.81. The fourth-order valence-corrected chi connectivity index (χ4v) is 1.41. The van der Waals surface area contributed by atoms with E-state index in [2.05, 4.69) is 5.16 Å². The van der Waals surface area contributed by atoms with Gasteiger partial charge < -0.3 is 9.94 Å². The van der Waals surface area contributed by atoms with Crippen LogP contribution in [0, 0.1) is 0 Å². The Balaban J connectivity index is 2.44. The maximum atomic E-state index is 10.6.